The lowest BCUT2D eigenvalue weighted by molar-refractivity contribution is -0.138. The summed E-state index contributed by atoms with van der Waals surface area (Å²) in [6, 6.07) is 8.73. The molecule has 2 aliphatic rings. The van der Waals surface area contributed by atoms with Gasteiger partial charge >= 0.3 is 6.18 Å². The molecule has 0 radical (unpaired) electrons. The highest BCUT2D eigenvalue weighted by Crippen LogP contribution is 2.41. The second-order valence-electron chi connectivity index (χ2n) is 10.8. The third kappa shape index (κ3) is 5.33. The molecule has 2 aromatic carbocycles. The van der Waals surface area contributed by atoms with Crippen molar-refractivity contribution >= 4 is 22.7 Å². The van der Waals surface area contributed by atoms with E-state index in [-0.39, 0.29) is 36.4 Å². The van der Waals surface area contributed by atoms with Crippen molar-refractivity contribution in [2.45, 2.75) is 55.8 Å². The number of halogens is 4. The van der Waals surface area contributed by atoms with Gasteiger partial charge in [0, 0.05) is 30.5 Å². The molecule has 2 aliphatic heterocycles. The van der Waals surface area contributed by atoms with Gasteiger partial charge in [0.25, 0.3) is 0 Å². The van der Waals surface area contributed by atoms with Gasteiger partial charge in [0.2, 0.25) is 11.8 Å². The Bertz CT molecular complexity index is 1440. The minimum atomic E-state index is -4.47. The lowest BCUT2D eigenvalue weighted by Gasteiger charge is -2.46. The standard InChI is InChI=1S/C29H29F4N3O4/c1-28(40)15-36(24(14-37)16-2-4-18(5-3-16)29(31,32)33)11-10-22(28)20-6-8-23-21(26(20)30)12-17(13-34-23)19-7-9-25(38)35-27(19)39/h2-6,8,12-13,19,22,24,37,40H,7,9-11,14-15H2,1H3,(H,35,38,39). The molecule has 0 saturated carbocycles. The first-order valence-corrected chi connectivity index (χ1v) is 13.0. The molecular formula is C29H29F4N3O4. The number of hydrogen-bond donors (Lipinski definition) is 3. The molecule has 5 rings (SSSR count). The van der Waals surface area contributed by atoms with Crippen LogP contribution in [0.25, 0.3) is 10.9 Å². The van der Waals surface area contributed by atoms with E-state index in [9.17, 15) is 33.0 Å². The largest absolute Gasteiger partial charge is 0.416 e. The van der Waals surface area contributed by atoms with Gasteiger partial charge in [-0.3, -0.25) is 24.8 Å². The fraction of sp³-hybridized carbons (Fsp3) is 0.414. The van der Waals surface area contributed by atoms with Gasteiger partial charge in [0.1, 0.15) is 5.82 Å². The SMILES string of the molecule is CC1(O)CN(C(CO)c2ccc(C(F)(F)F)cc2)CCC1c1ccc2ncc(C3CCC(=O)NC3=O)cc2c1F. The van der Waals surface area contributed by atoms with Gasteiger partial charge in [0.05, 0.1) is 35.2 Å². The number of likely N-dealkylation sites (tertiary alicyclic amines) is 1. The first-order chi connectivity index (χ1) is 18.9. The molecule has 0 aliphatic carbocycles. The van der Waals surface area contributed by atoms with Crippen molar-refractivity contribution in [1.29, 1.82) is 0 Å². The number of benzene rings is 2. The Morgan fingerprint density at radius 3 is 2.50 bits per heavy atom. The number of imide groups is 1. The van der Waals surface area contributed by atoms with Gasteiger partial charge in [-0.05, 0) is 67.3 Å². The van der Waals surface area contributed by atoms with E-state index in [4.69, 9.17) is 0 Å². The van der Waals surface area contributed by atoms with E-state index in [1.54, 1.807) is 30.0 Å². The van der Waals surface area contributed by atoms with E-state index in [2.05, 4.69) is 10.3 Å². The number of carbonyl (C=O) groups is 2. The normalized spacial score (nSPS) is 25.2. The number of rotatable bonds is 5. The predicted molar refractivity (Wildman–Crippen MR) is 138 cm³/mol. The monoisotopic (exact) mass is 559 g/mol. The number of aliphatic hydroxyl groups excluding tert-OH is 1. The number of alkyl halides is 3. The second kappa shape index (κ2) is 10.5. The summed E-state index contributed by atoms with van der Waals surface area (Å²) in [6.07, 6.45) is -2.16. The van der Waals surface area contributed by atoms with Gasteiger partial charge in [0.15, 0.2) is 0 Å². The summed E-state index contributed by atoms with van der Waals surface area (Å²) in [5.41, 5.74) is -0.570. The van der Waals surface area contributed by atoms with Crippen LogP contribution in [0.3, 0.4) is 0 Å². The minimum Gasteiger partial charge on any atom is -0.394 e. The first-order valence-electron chi connectivity index (χ1n) is 13.0. The number of piperidine rings is 2. The van der Waals surface area contributed by atoms with Crippen LogP contribution in [0.1, 0.15) is 66.3 Å². The van der Waals surface area contributed by atoms with Crippen molar-refractivity contribution in [3.8, 4) is 0 Å². The Labute approximate surface area is 227 Å². The number of aliphatic hydroxyl groups is 2. The van der Waals surface area contributed by atoms with Crippen molar-refractivity contribution in [3.05, 3.63) is 76.7 Å². The number of β-amino-alcohol motifs (C(OH)–C–C–N with tert-alkyl or cyclic N) is 1. The average Bonchev–Trinajstić information content (AvgIpc) is 2.89. The third-order valence-electron chi connectivity index (χ3n) is 8.08. The van der Waals surface area contributed by atoms with Crippen molar-refractivity contribution in [1.82, 2.24) is 15.2 Å². The van der Waals surface area contributed by atoms with Gasteiger partial charge < -0.3 is 10.2 Å². The van der Waals surface area contributed by atoms with E-state index in [1.807, 2.05) is 0 Å². The highest BCUT2D eigenvalue weighted by atomic mass is 19.4. The van der Waals surface area contributed by atoms with E-state index >= 15 is 4.39 Å². The summed E-state index contributed by atoms with van der Waals surface area (Å²) in [5, 5.41) is 24.1. The lowest BCUT2D eigenvalue weighted by atomic mass is 9.76. The molecule has 0 spiro atoms. The number of aromatic nitrogens is 1. The van der Waals surface area contributed by atoms with E-state index in [0.29, 0.717) is 36.0 Å². The zero-order valence-corrected chi connectivity index (χ0v) is 21.7. The number of pyridine rings is 1. The third-order valence-corrected chi connectivity index (χ3v) is 8.08. The van der Waals surface area contributed by atoms with Crippen molar-refractivity contribution < 1.29 is 37.4 Å². The van der Waals surface area contributed by atoms with Crippen LogP contribution in [0.2, 0.25) is 0 Å². The zero-order chi connectivity index (χ0) is 28.8. The topological polar surface area (TPSA) is 103 Å². The van der Waals surface area contributed by atoms with E-state index in [1.165, 1.54) is 18.3 Å². The van der Waals surface area contributed by atoms with Crippen LogP contribution in [0.4, 0.5) is 17.6 Å². The Kier molecular flexibility index (Phi) is 7.41. The number of fused-ring (bicyclic) bond motifs is 1. The predicted octanol–water partition coefficient (Wildman–Crippen LogP) is 4.19. The molecule has 2 saturated heterocycles. The number of hydrogen-bond acceptors (Lipinski definition) is 6. The van der Waals surface area contributed by atoms with E-state index in [0.717, 1.165) is 12.1 Å². The van der Waals surface area contributed by atoms with Crippen LogP contribution in [0, 0.1) is 5.82 Å². The van der Waals surface area contributed by atoms with Crippen LogP contribution in [-0.4, -0.2) is 57.2 Å². The minimum absolute atomic E-state index is 0.0515. The Morgan fingerprint density at radius 2 is 1.88 bits per heavy atom. The van der Waals surface area contributed by atoms with Crippen LogP contribution in [0.5, 0.6) is 0 Å². The summed E-state index contributed by atoms with van der Waals surface area (Å²) < 4.78 is 54.9. The molecule has 11 heteroatoms. The molecule has 1 aromatic heterocycles. The Morgan fingerprint density at radius 1 is 1.15 bits per heavy atom. The van der Waals surface area contributed by atoms with Gasteiger partial charge in [-0.2, -0.15) is 13.2 Å². The van der Waals surface area contributed by atoms with Crippen LogP contribution >= 0.6 is 0 Å². The maximum Gasteiger partial charge on any atom is 0.416 e. The molecule has 3 N–H and O–H groups in total. The van der Waals surface area contributed by atoms with Gasteiger partial charge in [-0.1, -0.05) is 18.2 Å². The maximum absolute atomic E-state index is 16.0. The quantitative estimate of drug-likeness (QED) is 0.320. The average molecular weight is 560 g/mol. The Balaban J connectivity index is 1.39. The maximum atomic E-state index is 16.0. The molecule has 2 fully saturated rings. The Hall–Kier alpha value is -3.41. The summed E-state index contributed by atoms with van der Waals surface area (Å²) in [6.45, 7) is 1.62. The fourth-order valence-electron chi connectivity index (χ4n) is 5.96. The fourth-order valence-corrected chi connectivity index (χ4v) is 5.96. The summed E-state index contributed by atoms with van der Waals surface area (Å²) >= 11 is 0. The van der Waals surface area contributed by atoms with Gasteiger partial charge in [-0.25, -0.2) is 4.39 Å². The highest BCUT2D eigenvalue weighted by Gasteiger charge is 2.42. The number of carbonyl (C=O) groups excluding carboxylic acids is 2. The molecule has 3 heterocycles. The number of amides is 2. The molecule has 7 nitrogen and oxygen atoms in total. The number of nitrogens with zero attached hydrogens (tertiary/aromatic N) is 2. The lowest BCUT2D eigenvalue weighted by Crippen LogP contribution is -2.52. The molecule has 212 valence electrons. The zero-order valence-electron chi connectivity index (χ0n) is 21.7. The van der Waals surface area contributed by atoms with Crippen LogP contribution < -0.4 is 5.32 Å². The van der Waals surface area contributed by atoms with Crippen LogP contribution in [0.15, 0.2) is 48.7 Å². The van der Waals surface area contributed by atoms with Crippen molar-refractivity contribution in [2.24, 2.45) is 0 Å². The highest BCUT2D eigenvalue weighted by molar-refractivity contribution is 6.01. The second-order valence-corrected chi connectivity index (χ2v) is 10.8. The molecule has 4 unspecified atom stereocenters. The molecule has 4 atom stereocenters. The molecular weight excluding hydrogens is 530 g/mol. The summed E-state index contributed by atoms with van der Waals surface area (Å²) in [7, 11) is 0. The first kappa shape index (κ1) is 28.1. The van der Waals surface area contributed by atoms with Crippen molar-refractivity contribution in [2.75, 3.05) is 19.7 Å². The van der Waals surface area contributed by atoms with Crippen molar-refractivity contribution in [3.63, 3.8) is 0 Å². The summed E-state index contributed by atoms with van der Waals surface area (Å²) in [5.74, 6) is -2.59. The molecule has 2 amide bonds. The molecule has 3 aromatic rings. The summed E-state index contributed by atoms with van der Waals surface area (Å²) in [4.78, 5) is 30.0. The molecule has 0 bridgehead atoms. The van der Waals surface area contributed by atoms with Gasteiger partial charge in [-0.15, -0.1) is 0 Å². The molecule has 40 heavy (non-hydrogen) atoms. The van der Waals surface area contributed by atoms with Crippen LogP contribution in [-0.2, 0) is 15.8 Å². The number of nitrogens with one attached hydrogen (secondary N) is 1. The smallest absolute Gasteiger partial charge is 0.394 e. The van der Waals surface area contributed by atoms with E-state index < -0.39 is 46.9 Å².